The van der Waals surface area contributed by atoms with Crippen molar-refractivity contribution in [3.63, 3.8) is 0 Å². The number of urea groups is 1. The predicted molar refractivity (Wildman–Crippen MR) is 139 cm³/mol. The van der Waals surface area contributed by atoms with Gasteiger partial charge in [0.1, 0.15) is 5.76 Å². The number of amides is 3. The lowest BCUT2D eigenvalue weighted by Gasteiger charge is -2.26. The number of rotatable bonds is 8. The van der Waals surface area contributed by atoms with Crippen molar-refractivity contribution in [2.24, 2.45) is 5.92 Å². The van der Waals surface area contributed by atoms with Crippen LogP contribution in [0, 0.1) is 19.8 Å². The molecule has 0 bridgehead atoms. The fourth-order valence-corrected chi connectivity index (χ4v) is 4.92. The monoisotopic (exact) mass is 564 g/mol. The highest BCUT2D eigenvalue weighted by Crippen LogP contribution is 2.34. The maximum absolute atomic E-state index is 13.6. The Morgan fingerprint density at radius 1 is 1.02 bits per heavy atom. The van der Waals surface area contributed by atoms with Gasteiger partial charge in [0.05, 0.1) is 17.7 Å². The van der Waals surface area contributed by atoms with Crippen LogP contribution in [0.25, 0.3) is 0 Å². The number of nitrogens with one attached hydrogen (secondary N) is 3. The lowest BCUT2D eigenvalue weighted by atomic mass is 9.86. The largest absolute Gasteiger partial charge is 0.416 e. The zero-order valence-corrected chi connectivity index (χ0v) is 22.8. The van der Waals surface area contributed by atoms with Crippen molar-refractivity contribution in [3.8, 4) is 0 Å². The predicted octanol–water partition coefficient (Wildman–Crippen LogP) is 4.70. The summed E-state index contributed by atoms with van der Waals surface area (Å²) in [5.41, 5.74) is -0.286. The molecule has 1 aromatic carbocycles. The molecule has 1 fully saturated rings. The molecule has 40 heavy (non-hydrogen) atoms. The van der Waals surface area contributed by atoms with Crippen molar-refractivity contribution in [2.45, 2.75) is 58.2 Å². The van der Waals surface area contributed by atoms with Gasteiger partial charge in [0.15, 0.2) is 6.04 Å². The van der Waals surface area contributed by atoms with Crippen molar-refractivity contribution < 1.29 is 36.5 Å². The van der Waals surface area contributed by atoms with Crippen molar-refractivity contribution in [2.75, 3.05) is 36.6 Å². The molecule has 1 aliphatic rings. The Balaban J connectivity index is 1.39. The number of aromatic nitrogens is 3. The van der Waals surface area contributed by atoms with Gasteiger partial charge in [-0.1, -0.05) is 5.16 Å². The molecule has 0 aliphatic heterocycles. The Morgan fingerprint density at radius 2 is 1.70 bits per heavy atom. The van der Waals surface area contributed by atoms with Crippen LogP contribution < -0.4 is 20.6 Å². The first-order chi connectivity index (χ1) is 18.9. The number of aryl methyl sites for hydroxylation is 2. The molecule has 0 spiro atoms. The van der Waals surface area contributed by atoms with E-state index in [-0.39, 0.29) is 29.7 Å². The minimum atomic E-state index is -4.71. The normalized spacial score (nSPS) is 17.6. The molecule has 1 saturated carbocycles. The molecule has 3 aromatic rings. The number of hydrogen-bond donors (Lipinski definition) is 3. The summed E-state index contributed by atoms with van der Waals surface area (Å²) in [6, 6.07) is 2.11. The molecule has 4 rings (SSSR count). The molecule has 11 nitrogen and oxygen atoms in total. The maximum atomic E-state index is 13.6. The number of anilines is 3. The third kappa shape index (κ3) is 7.58. The van der Waals surface area contributed by atoms with E-state index in [1.807, 2.05) is 0 Å². The molecular weight excluding hydrogens is 531 g/mol. The van der Waals surface area contributed by atoms with Gasteiger partial charge in [0, 0.05) is 36.3 Å². The lowest BCUT2D eigenvalue weighted by Crippen LogP contribution is -2.43. The highest BCUT2D eigenvalue weighted by molar-refractivity contribution is 6.00. The third-order valence-corrected chi connectivity index (χ3v) is 6.85. The topological polar surface area (TPSA) is 129 Å². The summed E-state index contributed by atoms with van der Waals surface area (Å²) in [7, 11) is 4.11. The van der Waals surface area contributed by atoms with Crippen LogP contribution in [0.15, 0.2) is 33.4 Å². The second-order valence-electron chi connectivity index (χ2n) is 10.4. The van der Waals surface area contributed by atoms with Crippen LogP contribution in [0.2, 0.25) is 0 Å². The molecule has 1 aliphatic carbocycles. The van der Waals surface area contributed by atoms with Gasteiger partial charge >= 0.3 is 18.1 Å². The van der Waals surface area contributed by atoms with Crippen molar-refractivity contribution in [3.05, 3.63) is 47.0 Å². The fourth-order valence-electron chi connectivity index (χ4n) is 4.92. The molecule has 0 radical (unpaired) electrons. The first kappa shape index (κ1) is 29.1. The number of halogens is 3. The van der Waals surface area contributed by atoms with Crippen LogP contribution >= 0.6 is 0 Å². The number of benzene rings is 1. The fraction of sp³-hybridized carbons (Fsp3) is 0.500. The van der Waals surface area contributed by atoms with Gasteiger partial charge in [-0.15, -0.1) is 0 Å². The third-order valence-electron chi connectivity index (χ3n) is 6.85. The molecule has 3 amide bonds. The van der Waals surface area contributed by atoms with Crippen LogP contribution in [-0.4, -0.2) is 47.9 Å². The van der Waals surface area contributed by atoms with E-state index >= 15 is 0 Å². The van der Waals surface area contributed by atoms with Gasteiger partial charge in [-0.2, -0.15) is 13.2 Å². The van der Waals surface area contributed by atoms with Crippen molar-refractivity contribution in [1.82, 2.24) is 15.3 Å². The summed E-state index contributed by atoms with van der Waals surface area (Å²) in [5.74, 6) is 0.556. The Kier molecular flexibility index (Phi) is 8.76. The second-order valence-corrected chi connectivity index (χ2v) is 10.4. The first-order valence-corrected chi connectivity index (χ1v) is 12.9. The number of hydrogen-bond acceptors (Lipinski definition) is 7. The SMILES string of the molecule is Cc1noc(C)c1CC(=O)Nc1cc(NC(=O)Nc2c[n+](C3CCC(CN(C)C)CC3)no2)cc(C(F)(F)F)c1. The molecule has 0 saturated heterocycles. The molecule has 14 heteroatoms. The van der Waals surface area contributed by atoms with E-state index < -0.39 is 23.7 Å². The van der Waals surface area contributed by atoms with E-state index in [0.717, 1.165) is 44.4 Å². The minimum Gasteiger partial charge on any atom is -0.361 e. The molecule has 0 unspecified atom stereocenters. The summed E-state index contributed by atoms with van der Waals surface area (Å²) in [6.45, 7) is 4.34. The van der Waals surface area contributed by atoms with E-state index in [0.29, 0.717) is 22.9 Å². The number of carbonyl (C=O) groups excluding carboxylic acids is 2. The summed E-state index contributed by atoms with van der Waals surface area (Å²) in [4.78, 5) is 27.3. The number of nitrogens with zero attached hydrogens (tertiary/aromatic N) is 4. The highest BCUT2D eigenvalue weighted by Gasteiger charge is 2.33. The summed E-state index contributed by atoms with van der Waals surface area (Å²) >= 11 is 0. The van der Waals surface area contributed by atoms with Crippen LogP contribution in [0.3, 0.4) is 0 Å². The van der Waals surface area contributed by atoms with Crippen molar-refractivity contribution in [1.29, 1.82) is 0 Å². The Hall–Kier alpha value is -3.94. The Labute approximate surface area is 229 Å². The van der Waals surface area contributed by atoms with E-state index in [4.69, 9.17) is 9.05 Å². The van der Waals surface area contributed by atoms with Crippen LogP contribution in [0.5, 0.6) is 0 Å². The quantitative estimate of drug-likeness (QED) is 0.338. The van der Waals surface area contributed by atoms with Gasteiger partial charge in [-0.3, -0.25) is 14.6 Å². The molecule has 0 atom stereocenters. The Bertz CT molecular complexity index is 1320. The number of carbonyl (C=O) groups is 2. The van der Waals surface area contributed by atoms with Gasteiger partial charge in [0.2, 0.25) is 11.2 Å². The van der Waals surface area contributed by atoms with Gasteiger partial charge < -0.3 is 20.1 Å². The standard InChI is InChI=1S/C26H32F3N7O4/c1-15-22(16(2)39-33-15)12-23(37)30-19-9-18(26(27,28)29)10-20(11-19)31-25(38)32-24-14-36(34-40-24)21-7-5-17(6-8-21)13-35(3)4/h9-11,14,17,21H,5-8,12-13H2,1-4H3,(H2-,30,31,32,34,37,38)/p+1. The average molecular weight is 565 g/mol. The average Bonchev–Trinajstić information content (AvgIpc) is 3.45. The zero-order valence-electron chi connectivity index (χ0n) is 22.8. The summed E-state index contributed by atoms with van der Waals surface area (Å²) in [5, 5.41) is 15.0. The summed E-state index contributed by atoms with van der Waals surface area (Å²) in [6.07, 6.45) is 0.674. The maximum Gasteiger partial charge on any atom is 0.416 e. The van der Waals surface area contributed by atoms with Crippen LogP contribution in [0.1, 0.15) is 54.3 Å². The van der Waals surface area contributed by atoms with E-state index in [1.165, 1.54) is 6.07 Å². The zero-order chi connectivity index (χ0) is 29.0. The number of alkyl halides is 3. The smallest absolute Gasteiger partial charge is 0.361 e. The molecule has 216 valence electrons. The second kappa shape index (κ2) is 12.1. The van der Waals surface area contributed by atoms with Crippen molar-refractivity contribution >= 4 is 29.2 Å². The molecule has 3 N–H and O–H groups in total. The van der Waals surface area contributed by atoms with Gasteiger partial charge in [-0.25, -0.2) is 4.79 Å². The van der Waals surface area contributed by atoms with Crippen LogP contribution in [-0.2, 0) is 17.4 Å². The van der Waals surface area contributed by atoms with E-state index in [1.54, 1.807) is 24.7 Å². The summed E-state index contributed by atoms with van der Waals surface area (Å²) < 4.78 is 52.6. The minimum absolute atomic E-state index is 0.0490. The van der Waals surface area contributed by atoms with E-state index in [2.05, 4.69) is 45.4 Å². The lowest BCUT2D eigenvalue weighted by molar-refractivity contribution is -0.787. The first-order valence-electron chi connectivity index (χ1n) is 12.9. The van der Waals surface area contributed by atoms with E-state index in [9.17, 15) is 22.8 Å². The Morgan fingerprint density at radius 3 is 2.30 bits per heavy atom. The highest BCUT2D eigenvalue weighted by atomic mass is 19.4. The molecule has 2 aromatic heterocycles. The molecular formula is C26H33F3N7O4+. The molecule has 2 heterocycles. The van der Waals surface area contributed by atoms with Gasteiger partial charge in [0.25, 0.3) is 6.20 Å². The van der Waals surface area contributed by atoms with Gasteiger partial charge in [-0.05, 0) is 69.6 Å². The van der Waals surface area contributed by atoms with Crippen LogP contribution in [0.4, 0.5) is 35.2 Å².